The quantitative estimate of drug-likeness (QED) is 0.626. The number of hydrogen-bond acceptors (Lipinski definition) is 3. The first-order valence-corrected chi connectivity index (χ1v) is 5.37. The lowest BCUT2D eigenvalue weighted by atomic mass is 10.2. The lowest BCUT2D eigenvalue weighted by Gasteiger charge is -2.05. The molecule has 0 spiro atoms. The Bertz CT molecular complexity index is 432. The molecule has 1 aromatic carbocycles. The fourth-order valence-corrected chi connectivity index (χ4v) is 1.27. The Hall–Kier alpha value is -1.48. The lowest BCUT2D eigenvalue weighted by molar-refractivity contribution is 1.23. The fraction of sp³-hybridized carbons (Fsp3) is 0.250. The normalized spacial score (nSPS) is 13.4. The Morgan fingerprint density at radius 1 is 1.31 bits per heavy atom. The average molecular weight is 238 g/mol. The molecular weight excluding hydrogens is 222 g/mol. The Morgan fingerprint density at radius 3 is 2.56 bits per heavy atom. The second-order valence-corrected chi connectivity index (χ2v) is 4.06. The molecule has 86 valence electrons. The molecule has 0 radical (unpaired) electrons. The second-order valence-electron chi connectivity index (χ2n) is 3.63. The van der Waals surface area contributed by atoms with E-state index >= 15 is 0 Å². The predicted octanol–water partition coefficient (Wildman–Crippen LogP) is 3.38. The summed E-state index contributed by atoms with van der Waals surface area (Å²) < 4.78 is 0. The number of nitrogens with zero attached hydrogens (tertiary/aromatic N) is 1. The average Bonchev–Trinajstić information content (AvgIpc) is 2.24. The first-order chi connectivity index (χ1) is 7.50. The van der Waals surface area contributed by atoms with E-state index in [0.29, 0.717) is 5.02 Å². The van der Waals surface area contributed by atoms with Gasteiger partial charge in [0.25, 0.3) is 0 Å². The Kier molecular flexibility index (Phi) is 4.38. The van der Waals surface area contributed by atoms with Gasteiger partial charge in [-0.05, 0) is 44.5 Å². The molecule has 0 saturated heterocycles. The number of nitrogens with one attached hydrogen (secondary N) is 1. The summed E-state index contributed by atoms with van der Waals surface area (Å²) in [6.45, 7) is 5.70. The van der Waals surface area contributed by atoms with Crippen molar-refractivity contribution in [2.75, 3.05) is 5.43 Å². The fourth-order valence-electron chi connectivity index (χ4n) is 1.08. The molecule has 0 unspecified atom stereocenters. The van der Waals surface area contributed by atoms with Crippen molar-refractivity contribution in [2.45, 2.75) is 20.8 Å². The summed E-state index contributed by atoms with van der Waals surface area (Å²) in [5.74, 6) is 0. The van der Waals surface area contributed by atoms with Crippen LogP contribution in [-0.4, -0.2) is 5.71 Å². The van der Waals surface area contributed by atoms with Crippen molar-refractivity contribution in [2.24, 2.45) is 10.8 Å². The molecule has 0 aliphatic heterocycles. The van der Waals surface area contributed by atoms with Crippen LogP contribution in [0.2, 0.25) is 5.02 Å². The number of hydrazone groups is 1. The van der Waals surface area contributed by atoms with Gasteiger partial charge in [-0.2, -0.15) is 5.10 Å². The maximum Gasteiger partial charge on any atom is 0.0622 e. The molecule has 1 rings (SSSR count). The van der Waals surface area contributed by atoms with Gasteiger partial charge < -0.3 is 5.73 Å². The maximum absolute atomic E-state index is 5.86. The highest BCUT2D eigenvalue weighted by atomic mass is 35.5. The van der Waals surface area contributed by atoms with Gasteiger partial charge in [-0.25, -0.2) is 0 Å². The molecule has 0 aliphatic rings. The summed E-state index contributed by atoms with van der Waals surface area (Å²) in [6.07, 6.45) is 0. The summed E-state index contributed by atoms with van der Waals surface area (Å²) in [5.41, 5.74) is 12.1. The zero-order valence-corrected chi connectivity index (χ0v) is 10.5. The molecular formula is C12H16ClN3. The summed E-state index contributed by atoms with van der Waals surface area (Å²) >= 11 is 5.86. The summed E-state index contributed by atoms with van der Waals surface area (Å²) in [4.78, 5) is 0. The van der Waals surface area contributed by atoms with Gasteiger partial charge in [-0.15, -0.1) is 0 Å². The number of anilines is 1. The van der Waals surface area contributed by atoms with Crippen LogP contribution in [0.3, 0.4) is 0 Å². The van der Waals surface area contributed by atoms with Crippen LogP contribution in [0.5, 0.6) is 0 Å². The molecule has 0 atom stereocenters. The van der Waals surface area contributed by atoms with Crippen molar-refractivity contribution >= 4 is 23.0 Å². The van der Waals surface area contributed by atoms with Gasteiger partial charge in [0.15, 0.2) is 0 Å². The third-order valence-corrected chi connectivity index (χ3v) is 2.55. The molecule has 0 saturated carbocycles. The van der Waals surface area contributed by atoms with Crippen LogP contribution in [-0.2, 0) is 0 Å². The van der Waals surface area contributed by atoms with E-state index in [1.54, 1.807) is 0 Å². The number of rotatable bonds is 3. The molecule has 3 nitrogen and oxygen atoms in total. The molecule has 0 bridgehead atoms. The molecule has 1 aromatic rings. The summed E-state index contributed by atoms with van der Waals surface area (Å²) in [7, 11) is 0. The van der Waals surface area contributed by atoms with Crippen molar-refractivity contribution in [3.63, 3.8) is 0 Å². The van der Waals surface area contributed by atoms with Gasteiger partial charge in [0.1, 0.15) is 0 Å². The summed E-state index contributed by atoms with van der Waals surface area (Å²) in [5, 5.41) is 4.91. The van der Waals surface area contributed by atoms with E-state index in [0.717, 1.165) is 22.7 Å². The zero-order valence-electron chi connectivity index (χ0n) is 9.71. The minimum Gasteiger partial charge on any atom is -0.402 e. The first kappa shape index (κ1) is 12.6. The highest BCUT2D eigenvalue weighted by molar-refractivity contribution is 6.30. The SMILES string of the molecule is CC(=NNc1cccc(Cl)c1)C(C)=C(C)N. The topological polar surface area (TPSA) is 50.4 Å². The van der Waals surface area contributed by atoms with Crippen LogP contribution in [0.25, 0.3) is 0 Å². The standard InChI is InChI=1S/C12H16ClN3/c1-8(9(2)14)10(3)15-16-12-6-4-5-11(13)7-12/h4-7,16H,14H2,1-3H3. The van der Waals surface area contributed by atoms with E-state index in [2.05, 4.69) is 10.5 Å². The summed E-state index contributed by atoms with van der Waals surface area (Å²) in [6, 6.07) is 7.40. The molecule has 0 aromatic heterocycles. The Balaban J connectivity index is 2.77. The molecule has 0 fully saturated rings. The number of allylic oxidation sites excluding steroid dienone is 2. The van der Waals surface area contributed by atoms with Gasteiger partial charge in [0.2, 0.25) is 0 Å². The molecule has 3 N–H and O–H groups in total. The van der Waals surface area contributed by atoms with Crippen molar-refractivity contribution < 1.29 is 0 Å². The predicted molar refractivity (Wildman–Crippen MR) is 70.7 cm³/mol. The van der Waals surface area contributed by atoms with E-state index in [9.17, 15) is 0 Å². The van der Waals surface area contributed by atoms with Gasteiger partial charge in [-0.1, -0.05) is 17.7 Å². The molecule has 0 heterocycles. The van der Waals surface area contributed by atoms with Crippen molar-refractivity contribution in [1.29, 1.82) is 0 Å². The monoisotopic (exact) mass is 237 g/mol. The van der Waals surface area contributed by atoms with E-state index in [1.807, 2.05) is 45.0 Å². The Morgan fingerprint density at radius 2 is 2.00 bits per heavy atom. The third kappa shape index (κ3) is 3.59. The van der Waals surface area contributed by atoms with E-state index in [4.69, 9.17) is 17.3 Å². The number of halogens is 1. The van der Waals surface area contributed by atoms with Crippen molar-refractivity contribution in [1.82, 2.24) is 0 Å². The van der Waals surface area contributed by atoms with Crippen LogP contribution in [0.4, 0.5) is 5.69 Å². The lowest BCUT2D eigenvalue weighted by Crippen LogP contribution is -2.05. The van der Waals surface area contributed by atoms with Gasteiger partial charge in [-0.3, -0.25) is 5.43 Å². The largest absolute Gasteiger partial charge is 0.402 e. The minimum absolute atomic E-state index is 0.681. The van der Waals surface area contributed by atoms with Crippen LogP contribution >= 0.6 is 11.6 Å². The van der Waals surface area contributed by atoms with Crippen LogP contribution in [0, 0.1) is 0 Å². The third-order valence-electron chi connectivity index (χ3n) is 2.31. The van der Waals surface area contributed by atoms with E-state index in [-0.39, 0.29) is 0 Å². The molecule has 0 aliphatic carbocycles. The minimum atomic E-state index is 0.681. The number of hydrogen-bond donors (Lipinski definition) is 2. The number of nitrogens with two attached hydrogens (primary N) is 1. The van der Waals surface area contributed by atoms with Crippen molar-refractivity contribution in [3.8, 4) is 0 Å². The van der Waals surface area contributed by atoms with Gasteiger partial charge in [0.05, 0.1) is 11.4 Å². The Labute approximate surface area is 101 Å². The van der Waals surface area contributed by atoms with E-state index in [1.165, 1.54) is 0 Å². The van der Waals surface area contributed by atoms with Crippen molar-refractivity contribution in [3.05, 3.63) is 40.6 Å². The van der Waals surface area contributed by atoms with Gasteiger partial charge >= 0.3 is 0 Å². The molecule has 4 heteroatoms. The molecule has 16 heavy (non-hydrogen) atoms. The smallest absolute Gasteiger partial charge is 0.0622 e. The highest BCUT2D eigenvalue weighted by Gasteiger charge is 1.98. The highest BCUT2D eigenvalue weighted by Crippen LogP contribution is 2.15. The number of benzene rings is 1. The zero-order chi connectivity index (χ0) is 12.1. The van der Waals surface area contributed by atoms with E-state index < -0.39 is 0 Å². The second kappa shape index (κ2) is 5.56. The maximum atomic E-state index is 5.86. The molecule has 0 amide bonds. The van der Waals surface area contributed by atoms with Gasteiger partial charge in [0, 0.05) is 10.7 Å². The van der Waals surface area contributed by atoms with Crippen LogP contribution in [0.1, 0.15) is 20.8 Å². The van der Waals surface area contributed by atoms with Crippen LogP contribution < -0.4 is 11.2 Å². The van der Waals surface area contributed by atoms with Crippen LogP contribution in [0.15, 0.2) is 40.6 Å². The first-order valence-electron chi connectivity index (χ1n) is 5.00.